The molecule has 1 amide bonds. The molecule has 5 heteroatoms. The van der Waals surface area contributed by atoms with Gasteiger partial charge in [0.15, 0.2) is 0 Å². The van der Waals surface area contributed by atoms with E-state index in [0.717, 1.165) is 32.0 Å². The molecule has 0 radical (unpaired) electrons. The van der Waals surface area contributed by atoms with Crippen molar-refractivity contribution in [2.75, 3.05) is 13.1 Å². The smallest absolute Gasteiger partial charge is 0.220 e. The number of amides is 1. The van der Waals surface area contributed by atoms with Crippen LogP contribution in [0.3, 0.4) is 0 Å². The van der Waals surface area contributed by atoms with Gasteiger partial charge < -0.3 is 21.0 Å². The van der Waals surface area contributed by atoms with E-state index in [9.17, 15) is 14.7 Å². The van der Waals surface area contributed by atoms with E-state index in [1.165, 1.54) is 173 Å². The third-order valence-electron chi connectivity index (χ3n) is 8.74. The summed E-state index contributed by atoms with van der Waals surface area (Å²) < 4.78 is 0. The lowest BCUT2D eigenvalue weighted by molar-refractivity contribution is -0.121. The number of aliphatic hydroxyl groups is 1. The van der Waals surface area contributed by atoms with Gasteiger partial charge in [-0.05, 0) is 12.8 Å². The summed E-state index contributed by atoms with van der Waals surface area (Å²) >= 11 is 0. The zero-order valence-electron chi connectivity index (χ0n) is 30.0. The van der Waals surface area contributed by atoms with Gasteiger partial charge in [0.05, 0.1) is 6.10 Å². The maximum atomic E-state index is 11.5. The van der Waals surface area contributed by atoms with Crippen molar-refractivity contribution < 1.29 is 14.7 Å². The first-order chi connectivity index (χ1) is 21.6. The third kappa shape index (κ3) is 43.2. The molecular formula is C39H80N2O3. The van der Waals surface area contributed by atoms with Gasteiger partial charge in [-0.1, -0.05) is 194 Å². The molecule has 1 unspecified atom stereocenters. The van der Waals surface area contributed by atoms with Crippen LogP contribution in [-0.2, 0) is 9.59 Å². The van der Waals surface area contributed by atoms with Crippen LogP contribution in [0.1, 0.15) is 219 Å². The summed E-state index contributed by atoms with van der Waals surface area (Å²) in [6.07, 6.45) is 42.5. The molecule has 5 nitrogen and oxygen atoms in total. The van der Waals surface area contributed by atoms with Crippen molar-refractivity contribution in [3.8, 4) is 0 Å². The van der Waals surface area contributed by atoms with Crippen molar-refractivity contribution in [2.24, 2.45) is 5.73 Å². The van der Waals surface area contributed by atoms with Crippen LogP contribution in [0.15, 0.2) is 0 Å². The van der Waals surface area contributed by atoms with Gasteiger partial charge in [0, 0.05) is 25.9 Å². The summed E-state index contributed by atoms with van der Waals surface area (Å²) in [7, 11) is 0. The van der Waals surface area contributed by atoms with Gasteiger partial charge in [0.1, 0.15) is 6.29 Å². The highest BCUT2D eigenvalue weighted by Gasteiger charge is 2.04. The number of aliphatic hydroxyl groups excluding tert-OH is 1. The van der Waals surface area contributed by atoms with Crippen molar-refractivity contribution >= 4 is 12.2 Å². The molecule has 0 saturated carbocycles. The molecule has 1 atom stereocenters. The Kier molecular flexibility index (Phi) is 43.2. The molecule has 0 fully saturated rings. The Morgan fingerprint density at radius 1 is 0.545 bits per heavy atom. The lowest BCUT2D eigenvalue weighted by Crippen LogP contribution is -2.35. The summed E-state index contributed by atoms with van der Waals surface area (Å²) in [4.78, 5) is 21.7. The molecule has 0 aromatic heterocycles. The van der Waals surface area contributed by atoms with Crippen LogP contribution in [-0.4, -0.2) is 36.5 Å². The second-order valence-electron chi connectivity index (χ2n) is 13.3. The second-order valence-corrected chi connectivity index (χ2v) is 13.3. The minimum absolute atomic E-state index is 0.0298. The summed E-state index contributed by atoms with van der Waals surface area (Å²) in [5.41, 5.74) is 5.29. The van der Waals surface area contributed by atoms with Gasteiger partial charge >= 0.3 is 0 Å². The molecule has 264 valence electrons. The molecule has 0 aliphatic rings. The van der Waals surface area contributed by atoms with Crippen LogP contribution in [0.25, 0.3) is 0 Å². The molecule has 4 N–H and O–H groups in total. The highest BCUT2D eigenvalue weighted by molar-refractivity contribution is 5.75. The Hall–Kier alpha value is -0.940. The summed E-state index contributed by atoms with van der Waals surface area (Å²) in [5, 5.41) is 12.0. The number of nitrogens with one attached hydrogen (secondary N) is 1. The summed E-state index contributed by atoms with van der Waals surface area (Å²) in [5.74, 6) is 0.0298. The Labute approximate surface area is 276 Å². The molecule has 0 saturated heterocycles. The van der Waals surface area contributed by atoms with Crippen molar-refractivity contribution in [1.29, 1.82) is 0 Å². The van der Waals surface area contributed by atoms with Crippen molar-refractivity contribution in [3.05, 3.63) is 0 Å². The monoisotopic (exact) mass is 625 g/mol. The number of carbonyl (C=O) groups is 2. The molecule has 0 aliphatic heterocycles. The van der Waals surface area contributed by atoms with Gasteiger partial charge in [-0.3, -0.25) is 4.79 Å². The maximum absolute atomic E-state index is 11.5. The minimum Gasteiger partial charge on any atom is -0.390 e. The van der Waals surface area contributed by atoms with Crippen LogP contribution in [0.2, 0.25) is 0 Å². The van der Waals surface area contributed by atoms with Crippen LogP contribution in [0.4, 0.5) is 0 Å². The van der Waals surface area contributed by atoms with E-state index in [4.69, 9.17) is 5.73 Å². The highest BCUT2D eigenvalue weighted by atomic mass is 16.3. The Bertz CT molecular complexity index is 543. The Balaban J connectivity index is 0. The first-order valence-corrected chi connectivity index (χ1v) is 19.7. The molecule has 0 spiro atoms. The normalized spacial score (nSPS) is 11.6. The van der Waals surface area contributed by atoms with E-state index < -0.39 is 6.10 Å². The van der Waals surface area contributed by atoms with Crippen molar-refractivity contribution in [3.63, 3.8) is 0 Å². The maximum Gasteiger partial charge on any atom is 0.220 e. The third-order valence-corrected chi connectivity index (χ3v) is 8.74. The zero-order valence-corrected chi connectivity index (χ0v) is 30.0. The van der Waals surface area contributed by atoms with Crippen LogP contribution in [0.5, 0.6) is 0 Å². The predicted molar refractivity (Wildman–Crippen MR) is 193 cm³/mol. The zero-order chi connectivity index (χ0) is 32.6. The molecule has 44 heavy (non-hydrogen) atoms. The number of rotatable bonds is 35. The number of hydrogen-bond acceptors (Lipinski definition) is 4. The highest BCUT2D eigenvalue weighted by Crippen LogP contribution is 2.15. The Morgan fingerprint density at radius 3 is 1.14 bits per heavy atom. The van der Waals surface area contributed by atoms with E-state index >= 15 is 0 Å². The molecule has 0 aromatic rings. The van der Waals surface area contributed by atoms with Gasteiger partial charge in [-0.25, -0.2) is 0 Å². The number of unbranched alkanes of at least 4 members (excludes halogenated alkanes) is 29. The fraction of sp³-hybridized carbons (Fsp3) is 0.949. The Morgan fingerprint density at radius 2 is 0.841 bits per heavy atom. The number of carbonyl (C=O) groups excluding carboxylic acids is 2. The summed E-state index contributed by atoms with van der Waals surface area (Å²) in [6, 6.07) is 0. The molecule has 0 bridgehead atoms. The molecule has 0 rings (SSSR count). The average Bonchev–Trinajstić information content (AvgIpc) is 3.03. The van der Waals surface area contributed by atoms with Crippen LogP contribution >= 0.6 is 0 Å². The fourth-order valence-electron chi connectivity index (χ4n) is 5.66. The topological polar surface area (TPSA) is 92.4 Å². The molecule has 0 heterocycles. The van der Waals surface area contributed by atoms with E-state index in [2.05, 4.69) is 19.2 Å². The number of hydrogen-bond donors (Lipinski definition) is 3. The van der Waals surface area contributed by atoms with E-state index in [1.54, 1.807) is 0 Å². The predicted octanol–water partition coefficient (Wildman–Crippen LogP) is 11.1. The largest absolute Gasteiger partial charge is 0.390 e. The lowest BCUT2D eigenvalue weighted by atomic mass is 10.0. The number of aldehydes is 1. The van der Waals surface area contributed by atoms with Gasteiger partial charge in [-0.2, -0.15) is 0 Å². The van der Waals surface area contributed by atoms with Gasteiger partial charge in [0.25, 0.3) is 0 Å². The van der Waals surface area contributed by atoms with Crippen LogP contribution < -0.4 is 11.1 Å². The fourth-order valence-corrected chi connectivity index (χ4v) is 5.66. The van der Waals surface area contributed by atoms with E-state index in [0.29, 0.717) is 6.42 Å². The molecule has 0 aromatic carbocycles. The van der Waals surface area contributed by atoms with Crippen molar-refractivity contribution in [1.82, 2.24) is 5.32 Å². The standard InChI is InChI=1S/C21H44N2O2.C18H36O/c1-2-3-4-5-6-7-8-9-10-11-12-13-14-15-16-17-21(25)23-19-20(24)18-22;1-2-3-4-5-6-7-8-9-10-11-12-13-14-15-16-17-18-19/h20,24H,2-19,22H2,1H3,(H,23,25);18H,2-17H2,1H3. The lowest BCUT2D eigenvalue weighted by Gasteiger charge is -2.09. The first kappa shape index (κ1) is 45.2. The van der Waals surface area contributed by atoms with Gasteiger partial charge in [0.2, 0.25) is 5.91 Å². The SMILES string of the molecule is CCCCCCCCCCCCCCCCCC(=O)NCC(O)CN.CCCCCCCCCCCCCCCCCC=O. The van der Waals surface area contributed by atoms with Gasteiger partial charge in [-0.15, -0.1) is 0 Å². The summed E-state index contributed by atoms with van der Waals surface area (Å²) in [6.45, 7) is 5.02. The first-order valence-electron chi connectivity index (χ1n) is 19.7. The van der Waals surface area contributed by atoms with Crippen molar-refractivity contribution in [2.45, 2.75) is 225 Å². The second kappa shape index (κ2) is 42.1. The van der Waals surface area contributed by atoms with E-state index in [-0.39, 0.29) is 19.0 Å². The quantitative estimate of drug-likeness (QED) is 0.0483. The molecular weight excluding hydrogens is 544 g/mol. The average molecular weight is 625 g/mol. The number of nitrogens with two attached hydrogens (primary N) is 1. The van der Waals surface area contributed by atoms with Crippen LogP contribution in [0, 0.1) is 0 Å². The molecule has 0 aliphatic carbocycles. The van der Waals surface area contributed by atoms with E-state index in [1.807, 2.05) is 0 Å². The minimum atomic E-state index is -0.620.